The highest BCUT2D eigenvalue weighted by Crippen LogP contribution is 2.54. The zero-order valence-electron chi connectivity index (χ0n) is 18.2. The van der Waals surface area contributed by atoms with Gasteiger partial charge in [0.15, 0.2) is 17.5 Å². The van der Waals surface area contributed by atoms with E-state index in [1.54, 1.807) is 11.8 Å². The molecule has 3 atom stereocenters. The fourth-order valence-corrected chi connectivity index (χ4v) is 7.58. The molecule has 5 rings (SSSR count). The minimum Gasteiger partial charge on any atom is -0.348 e. The number of hydrogen-bond donors (Lipinski definition) is 1. The van der Waals surface area contributed by atoms with Gasteiger partial charge in [0, 0.05) is 16.4 Å². The van der Waals surface area contributed by atoms with Crippen molar-refractivity contribution in [2.24, 2.45) is 5.92 Å². The summed E-state index contributed by atoms with van der Waals surface area (Å²) in [6.07, 6.45) is 3.96. The average molecular weight is 479 g/mol. The van der Waals surface area contributed by atoms with E-state index in [0.29, 0.717) is 28.6 Å². The van der Waals surface area contributed by atoms with Crippen LogP contribution in [-0.2, 0) is 6.42 Å². The second kappa shape index (κ2) is 8.18. The summed E-state index contributed by atoms with van der Waals surface area (Å²) in [5.41, 5.74) is 1.97. The molecule has 2 aromatic heterocycles. The molecule has 0 spiro atoms. The first kappa shape index (κ1) is 22.0. The van der Waals surface area contributed by atoms with Crippen LogP contribution in [0.25, 0.3) is 10.2 Å². The van der Waals surface area contributed by atoms with Gasteiger partial charge < -0.3 is 10.2 Å². The van der Waals surface area contributed by atoms with Crippen molar-refractivity contribution in [2.75, 3.05) is 18.4 Å². The molecule has 3 aromatic rings. The van der Waals surface area contributed by atoms with E-state index < -0.39 is 17.5 Å². The van der Waals surface area contributed by atoms with Crippen LogP contribution in [-0.4, -0.2) is 38.7 Å². The number of thiazole rings is 1. The van der Waals surface area contributed by atoms with E-state index in [4.69, 9.17) is 0 Å². The molecule has 32 heavy (non-hydrogen) atoms. The Balaban J connectivity index is 1.51. The number of aromatic nitrogens is 2. The normalized spacial score (nSPS) is 25.9. The number of nitrogens with zero attached hydrogens (tertiary/aromatic N) is 3. The Morgan fingerprint density at radius 1 is 1.22 bits per heavy atom. The summed E-state index contributed by atoms with van der Waals surface area (Å²) in [4.78, 5) is 10.8. The van der Waals surface area contributed by atoms with Crippen LogP contribution in [0.3, 0.4) is 0 Å². The van der Waals surface area contributed by atoms with Crippen LogP contribution in [0.15, 0.2) is 22.8 Å². The third-order valence-electron chi connectivity index (χ3n) is 7.03. The highest BCUT2D eigenvalue weighted by molar-refractivity contribution is 8.01. The SMILES string of the molecule is CCN1CCC[C@@H](C2(C)Cc3c(ncc(F)c3Nc3c(F)cc4scnc4c3F)S2)[C@@H]1C. The first-order valence-corrected chi connectivity index (χ1v) is 12.6. The largest absolute Gasteiger partial charge is 0.348 e. The number of halogens is 3. The number of pyridine rings is 1. The van der Waals surface area contributed by atoms with Gasteiger partial charge in [-0.25, -0.2) is 23.1 Å². The highest BCUT2D eigenvalue weighted by Gasteiger charge is 2.47. The number of hydrogen-bond acceptors (Lipinski definition) is 6. The van der Waals surface area contributed by atoms with Crippen molar-refractivity contribution in [1.29, 1.82) is 0 Å². The molecule has 2 aliphatic heterocycles. The molecule has 9 heteroatoms. The Kier molecular flexibility index (Phi) is 5.62. The first-order valence-electron chi connectivity index (χ1n) is 10.9. The fourth-order valence-electron chi connectivity index (χ4n) is 5.36. The quantitative estimate of drug-likeness (QED) is 0.471. The van der Waals surface area contributed by atoms with Gasteiger partial charge >= 0.3 is 0 Å². The summed E-state index contributed by atoms with van der Waals surface area (Å²) in [5, 5.41) is 3.47. The lowest BCUT2D eigenvalue weighted by molar-refractivity contribution is 0.0910. The average Bonchev–Trinajstić information content (AvgIpc) is 3.37. The number of rotatable bonds is 4. The van der Waals surface area contributed by atoms with Crippen LogP contribution >= 0.6 is 23.1 Å². The Hall–Kier alpha value is -1.84. The predicted molar refractivity (Wildman–Crippen MR) is 124 cm³/mol. The molecule has 1 aromatic carbocycles. The molecular weight excluding hydrogens is 453 g/mol. The van der Waals surface area contributed by atoms with Crippen molar-refractivity contribution in [3.8, 4) is 0 Å². The number of benzene rings is 1. The van der Waals surface area contributed by atoms with E-state index in [0.717, 1.165) is 48.5 Å². The smallest absolute Gasteiger partial charge is 0.176 e. The molecule has 170 valence electrons. The minimum atomic E-state index is -0.806. The second-order valence-electron chi connectivity index (χ2n) is 8.85. The van der Waals surface area contributed by atoms with E-state index in [2.05, 4.69) is 41.0 Å². The zero-order valence-corrected chi connectivity index (χ0v) is 19.8. The molecule has 0 saturated carbocycles. The van der Waals surface area contributed by atoms with E-state index >= 15 is 4.39 Å². The number of piperidine rings is 1. The number of nitrogens with one attached hydrogen (secondary N) is 1. The van der Waals surface area contributed by atoms with E-state index in [9.17, 15) is 8.78 Å². The van der Waals surface area contributed by atoms with Crippen molar-refractivity contribution in [3.63, 3.8) is 0 Å². The van der Waals surface area contributed by atoms with E-state index in [1.807, 2.05) is 0 Å². The summed E-state index contributed by atoms with van der Waals surface area (Å²) >= 11 is 2.83. The maximum Gasteiger partial charge on any atom is 0.176 e. The number of fused-ring (bicyclic) bond motifs is 2. The Morgan fingerprint density at radius 3 is 2.81 bits per heavy atom. The highest BCUT2D eigenvalue weighted by atomic mass is 32.2. The molecule has 1 unspecified atom stereocenters. The molecule has 1 N–H and O–H groups in total. The van der Waals surface area contributed by atoms with Gasteiger partial charge in [-0.15, -0.1) is 11.3 Å². The van der Waals surface area contributed by atoms with Crippen LogP contribution in [0.4, 0.5) is 24.5 Å². The fraction of sp³-hybridized carbons (Fsp3) is 0.478. The topological polar surface area (TPSA) is 41.1 Å². The first-order chi connectivity index (χ1) is 15.3. The van der Waals surface area contributed by atoms with E-state index in [1.165, 1.54) is 11.6 Å². The number of thioether (sulfide) groups is 1. The summed E-state index contributed by atoms with van der Waals surface area (Å²) in [6.45, 7) is 8.76. The molecule has 2 aliphatic rings. The van der Waals surface area contributed by atoms with Crippen molar-refractivity contribution >= 4 is 44.7 Å². The standard InChI is InChI=1S/C23H25F3N4S2/c1-4-30-7-5-6-14(12(30)2)23(3)9-13-19(16(25)10-27-22(13)32-23)29-20-15(24)8-17-21(18(20)26)28-11-31-17/h8,10-12,14H,4-7,9H2,1-3H3,(H,27,29)/t12-,14+,23?/m0/s1. The molecule has 1 saturated heterocycles. The lowest BCUT2D eigenvalue weighted by Crippen LogP contribution is -2.50. The molecule has 0 aliphatic carbocycles. The molecule has 1 fully saturated rings. The molecular formula is C23H25F3N4S2. The molecule has 0 amide bonds. The zero-order chi connectivity index (χ0) is 22.6. The molecule has 0 radical (unpaired) electrons. The van der Waals surface area contributed by atoms with Crippen LogP contribution in [0.5, 0.6) is 0 Å². The maximum absolute atomic E-state index is 15.0. The Bertz CT molecular complexity index is 1180. The molecule has 4 nitrogen and oxygen atoms in total. The minimum absolute atomic E-state index is 0.0833. The monoisotopic (exact) mass is 478 g/mol. The van der Waals surface area contributed by atoms with Gasteiger partial charge in [-0.1, -0.05) is 18.7 Å². The molecule has 0 bridgehead atoms. The van der Waals surface area contributed by atoms with Gasteiger partial charge in [0.2, 0.25) is 0 Å². The Labute approximate surface area is 193 Å². The van der Waals surface area contributed by atoms with E-state index in [-0.39, 0.29) is 21.6 Å². The number of anilines is 2. The van der Waals surface area contributed by atoms with Gasteiger partial charge in [0.25, 0.3) is 0 Å². The Morgan fingerprint density at radius 2 is 2.03 bits per heavy atom. The van der Waals surface area contributed by atoms with Crippen molar-refractivity contribution in [1.82, 2.24) is 14.9 Å². The summed E-state index contributed by atoms with van der Waals surface area (Å²) in [6, 6.07) is 1.64. The summed E-state index contributed by atoms with van der Waals surface area (Å²) in [7, 11) is 0. The predicted octanol–water partition coefficient (Wildman–Crippen LogP) is 6.38. The van der Waals surface area contributed by atoms with Gasteiger partial charge in [0.05, 0.1) is 22.1 Å². The van der Waals surface area contributed by atoms with Crippen molar-refractivity contribution in [2.45, 2.75) is 55.8 Å². The van der Waals surface area contributed by atoms with Gasteiger partial charge in [-0.05, 0) is 58.2 Å². The van der Waals surface area contributed by atoms with Crippen LogP contribution < -0.4 is 5.32 Å². The third kappa shape index (κ3) is 3.49. The van der Waals surface area contributed by atoms with Gasteiger partial charge in [0.1, 0.15) is 16.2 Å². The van der Waals surface area contributed by atoms with Crippen LogP contribution in [0.2, 0.25) is 0 Å². The lowest BCUT2D eigenvalue weighted by atomic mass is 9.77. The van der Waals surface area contributed by atoms with Gasteiger partial charge in [-0.3, -0.25) is 0 Å². The second-order valence-corrected chi connectivity index (χ2v) is 11.3. The van der Waals surface area contributed by atoms with Gasteiger partial charge in [-0.2, -0.15) is 0 Å². The van der Waals surface area contributed by atoms with Crippen LogP contribution in [0, 0.1) is 23.4 Å². The number of likely N-dealkylation sites (tertiary alicyclic amines) is 1. The van der Waals surface area contributed by atoms with Crippen molar-refractivity contribution < 1.29 is 13.2 Å². The summed E-state index contributed by atoms with van der Waals surface area (Å²) in [5.74, 6) is -1.78. The lowest BCUT2D eigenvalue weighted by Gasteiger charge is -2.46. The summed E-state index contributed by atoms with van der Waals surface area (Å²) < 4.78 is 44.9. The van der Waals surface area contributed by atoms with Crippen molar-refractivity contribution in [3.05, 3.63) is 40.8 Å². The third-order valence-corrected chi connectivity index (χ3v) is 9.26. The maximum atomic E-state index is 15.0. The van der Waals surface area contributed by atoms with Crippen LogP contribution in [0.1, 0.15) is 39.2 Å². The molecule has 4 heterocycles.